The number of aryl methyl sites for hydroxylation is 1. The highest BCUT2D eigenvalue weighted by molar-refractivity contribution is 5.94. The molecular formula is C18H18N2O. The maximum absolute atomic E-state index is 12.1. The summed E-state index contributed by atoms with van der Waals surface area (Å²) in [6.45, 7) is 2.00. The Morgan fingerprint density at radius 2 is 1.95 bits per heavy atom. The molecule has 1 atom stereocenters. The van der Waals surface area contributed by atoms with Gasteiger partial charge in [0.25, 0.3) is 5.91 Å². The van der Waals surface area contributed by atoms with Crippen LogP contribution in [-0.2, 0) is 6.42 Å². The molecule has 2 rings (SSSR count). The molecule has 0 aliphatic heterocycles. The van der Waals surface area contributed by atoms with Gasteiger partial charge in [0, 0.05) is 11.6 Å². The van der Waals surface area contributed by atoms with E-state index in [9.17, 15) is 4.79 Å². The van der Waals surface area contributed by atoms with Crippen molar-refractivity contribution in [1.82, 2.24) is 5.32 Å². The normalized spacial score (nSPS) is 11.4. The molecule has 0 aliphatic rings. The predicted molar refractivity (Wildman–Crippen MR) is 82.8 cm³/mol. The number of carbonyl (C=O) groups excluding carboxylic acids is 1. The van der Waals surface area contributed by atoms with Gasteiger partial charge in [0.1, 0.15) is 0 Å². The van der Waals surface area contributed by atoms with E-state index >= 15 is 0 Å². The Bertz CT molecular complexity index is 644. The van der Waals surface area contributed by atoms with Crippen molar-refractivity contribution in [3.8, 4) is 6.07 Å². The van der Waals surface area contributed by atoms with Gasteiger partial charge in [-0.1, -0.05) is 36.4 Å². The summed E-state index contributed by atoms with van der Waals surface area (Å²) >= 11 is 0. The Kier molecular flexibility index (Phi) is 5.11. The fraction of sp³-hybridized carbons (Fsp3) is 0.222. The van der Waals surface area contributed by atoms with Crippen LogP contribution in [0.3, 0.4) is 0 Å². The first-order chi connectivity index (χ1) is 10.2. The molecule has 0 saturated heterocycles. The average molecular weight is 278 g/mol. The molecule has 0 aliphatic carbocycles. The number of amides is 1. The number of nitriles is 1. The van der Waals surface area contributed by atoms with Crippen molar-refractivity contribution >= 4 is 5.91 Å². The van der Waals surface area contributed by atoms with E-state index in [-0.39, 0.29) is 11.9 Å². The average Bonchev–Trinajstić information content (AvgIpc) is 2.54. The van der Waals surface area contributed by atoms with Gasteiger partial charge in [-0.05, 0) is 43.5 Å². The van der Waals surface area contributed by atoms with Gasteiger partial charge in [0.05, 0.1) is 11.6 Å². The predicted octanol–water partition coefficient (Wildman–Crippen LogP) is 3.31. The van der Waals surface area contributed by atoms with E-state index in [4.69, 9.17) is 5.26 Å². The second kappa shape index (κ2) is 7.25. The molecule has 0 radical (unpaired) electrons. The standard InChI is InChI=1S/C18H18N2O/c1-14(10-11-15-6-3-2-4-7-15)20-18(21)17-9-5-8-16(12-17)13-19/h2-9,12,14H,10-11H2,1H3,(H,20,21). The molecule has 3 nitrogen and oxygen atoms in total. The third kappa shape index (κ3) is 4.47. The number of hydrogen-bond donors (Lipinski definition) is 1. The number of rotatable bonds is 5. The SMILES string of the molecule is CC(CCc1ccccc1)NC(=O)c1cccc(C#N)c1. The van der Waals surface area contributed by atoms with Gasteiger partial charge >= 0.3 is 0 Å². The zero-order valence-electron chi connectivity index (χ0n) is 12.0. The van der Waals surface area contributed by atoms with Crippen LogP contribution in [0.15, 0.2) is 54.6 Å². The van der Waals surface area contributed by atoms with E-state index in [1.165, 1.54) is 5.56 Å². The van der Waals surface area contributed by atoms with Crippen molar-refractivity contribution in [2.45, 2.75) is 25.8 Å². The minimum absolute atomic E-state index is 0.0865. The van der Waals surface area contributed by atoms with E-state index in [1.54, 1.807) is 24.3 Å². The Morgan fingerprint density at radius 3 is 2.67 bits per heavy atom. The quantitative estimate of drug-likeness (QED) is 0.912. The fourth-order valence-electron chi connectivity index (χ4n) is 2.14. The zero-order chi connectivity index (χ0) is 15.1. The van der Waals surface area contributed by atoms with E-state index < -0.39 is 0 Å². The molecule has 106 valence electrons. The van der Waals surface area contributed by atoms with E-state index in [1.807, 2.05) is 31.2 Å². The Balaban J connectivity index is 1.88. The van der Waals surface area contributed by atoms with Crippen molar-refractivity contribution < 1.29 is 4.79 Å². The molecule has 2 aromatic carbocycles. The summed E-state index contributed by atoms with van der Waals surface area (Å²) in [5.41, 5.74) is 2.30. The fourth-order valence-corrected chi connectivity index (χ4v) is 2.14. The van der Waals surface area contributed by atoms with Crippen LogP contribution in [0.5, 0.6) is 0 Å². The lowest BCUT2D eigenvalue weighted by Gasteiger charge is -2.14. The van der Waals surface area contributed by atoms with Gasteiger partial charge in [-0.3, -0.25) is 4.79 Å². The van der Waals surface area contributed by atoms with Crippen molar-refractivity contribution in [3.63, 3.8) is 0 Å². The first-order valence-electron chi connectivity index (χ1n) is 7.04. The maximum Gasteiger partial charge on any atom is 0.251 e. The maximum atomic E-state index is 12.1. The van der Waals surface area contributed by atoms with E-state index in [2.05, 4.69) is 17.4 Å². The molecule has 3 heteroatoms. The lowest BCUT2D eigenvalue weighted by atomic mass is 10.1. The lowest BCUT2D eigenvalue weighted by Crippen LogP contribution is -2.32. The molecule has 1 amide bonds. The molecule has 0 heterocycles. The first kappa shape index (κ1) is 14.8. The van der Waals surface area contributed by atoms with Crippen molar-refractivity contribution in [3.05, 3.63) is 71.3 Å². The van der Waals surface area contributed by atoms with Crippen LogP contribution < -0.4 is 5.32 Å². The van der Waals surface area contributed by atoms with Crippen LogP contribution in [-0.4, -0.2) is 11.9 Å². The summed E-state index contributed by atoms with van der Waals surface area (Å²) < 4.78 is 0. The third-order valence-corrected chi connectivity index (χ3v) is 3.34. The number of carbonyl (C=O) groups is 1. The largest absolute Gasteiger partial charge is 0.350 e. The third-order valence-electron chi connectivity index (χ3n) is 3.34. The topological polar surface area (TPSA) is 52.9 Å². The van der Waals surface area contributed by atoms with Gasteiger partial charge in [0.2, 0.25) is 0 Å². The molecule has 1 N–H and O–H groups in total. The molecule has 0 fully saturated rings. The van der Waals surface area contributed by atoms with Crippen LogP contribution in [0.25, 0.3) is 0 Å². The second-order valence-corrected chi connectivity index (χ2v) is 5.09. The van der Waals surface area contributed by atoms with Crippen molar-refractivity contribution in [2.24, 2.45) is 0 Å². The van der Waals surface area contributed by atoms with Crippen LogP contribution in [0.4, 0.5) is 0 Å². The summed E-state index contributed by atoms with van der Waals surface area (Å²) in [6.07, 6.45) is 1.81. The lowest BCUT2D eigenvalue weighted by molar-refractivity contribution is 0.0938. The summed E-state index contributed by atoms with van der Waals surface area (Å²) in [7, 11) is 0. The van der Waals surface area contributed by atoms with Crippen LogP contribution in [0.1, 0.15) is 34.8 Å². The highest BCUT2D eigenvalue weighted by Gasteiger charge is 2.10. The summed E-state index contributed by atoms with van der Waals surface area (Å²) in [6, 6.07) is 19.1. The molecule has 21 heavy (non-hydrogen) atoms. The highest BCUT2D eigenvalue weighted by Crippen LogP contribution is 2.07. The van der Waals surface area contributed by atoms with Crippen molar-refractivity contribution in [2.75, 3.05) is 0 Å². The van der Waals surface area contributed by atoms with E-state index in [0.717, 1.165) is 12.8 Å². The Morgan fingerprint density at radius 1 is 1.19 bits per heavy atom. The van der Waals surface area contributed by atoms with Gasteiger partial charge in [-0.15, -0.1) is 0 Å². The number of nitrogens with zero attached hydrogens (tertiary/aromatic N) is 1. The Hall–Kier alpha value is -2.60. The summed E-state index contributed by atoms with van der Waals surface area (Å²) in [5, 5.41) is 11.8. The second-order valence-electron chi connectivity index (χ2n) is 5.09. The minimum atomic E-state index is -0.132. The van der Waals surface area contributed by atoms with Gasteiger partial charge in [-0.25, -0.2) is 0 Å². The minimum Gasteiger partial charge on any atom is -0.350 e. The summed E-state index contributed by atoms with van der Waals surface area (Å²) in [4.78, 5) is 12.1. The first-order valence-corrected chi connectivity index (χ1v) is 7.04. The van der Waals surface area contributed by atoms with Crippen LogP contribution in [0.2, 0.25) is 0 Å². The zero-order valence-corrected chi connectivity index (χ0v) is 12.0. The summed E-state index contributed by atoms with van der Waals surface area (Å²) in [5.74, 6) is -0.132. The number of nitrogens with one attached hydrogen (secondary N) is 1. The van der Waals surface area contributed by atoms with E-state index in [0.29, 0.717) is 11.1 Å². The molecule has 0 saturated carbocycles. The van der Waals surface area contributed by atoms with Crippen LogP contribution >= 0.6 is 0 Å². The molecule has 2 aromatic rings. The molecule has 0 spiro atoms. The smallest absolute Gasteiger partial charge is 0.251 e. The number of hydrogen-bond acceptors (Lipinski definition) is 2. The van der Waals surface area contributed by atoms with Crippen molar-refractivity contribution in [1.29, 1.82) is 5.26 Å². The molecule has 0 aromatic heterocycles. The molecule has 1 unspecified atom stereocenters. The number of benzene rings is 2. The highest BCUT2D eigenvalue weighted by atomic mass is 16.1. The monoisotopic (exact) mass is 278 g/mol. The molecule has 0 bridgehead atoms. The van der Waals surface area contributed by atoms with Gasteiger partial charge in [-0.2, -0.15) is 5.26 Å². The van der Waals surface area contributed by atoms with Gasteiger partial charge in [0.15, 0.2) is 0 Å². The molecular weight excluding hydrogens is 260 g/mol. The van der Waals surface area contributed by atoms with Gasteiger partial charge < -0.3 is 5.32 Å². The Labute approximate surface area is 125 Å². The van der Waals surface area contributed by atoms with Crippen LogP contribution in [0, 0.1) is 11.3 Å².